The van der Waals surface area contributed by atoms with E-state index in [0.29, 0.717) is 5.91 Å². The van der Waals surface area contributed by atoms with Crippen molar-refractivity contribution in [3.05, 3.63) is 29.8 Å². The van der Waals surface area contributed by atoms with Gasteiger partial charge in [-0.3, -0.25) is 9.69 Å². The molecule has 2 saturated heterocycles. The minimum absolute atomic E-state index is 0.00825. The van der Waals surface area contributed by atoms with Crippen molar-refractivity contribution in [2.24, 2.45) is 0 Å². The fourth-order valence-corrected chi connectivity index (χ4v) is 3.99. The number of carbonyl (C=O) groups excluding carboxylic acids is 1. The average Bonchev–Trinajstić information content (AvgIpc) is 2.90. The Morgan fingerprint density at radius 2 is 1.84 bits per heavy atom. The maximum Gasteiger partial charge on any atom is 0.239 e. The third-order valence-corrected chi connectivity index (χ3v) is 5.42. The first-order chi connectivity index (χ1) is 12.2. The van der Waals surface area contributed by atoms with Gasteiger partial charge in [-0.25, -0.2) is 0 Å². The molecule has 2 heterocycles. The smallest absolute Gasteiger partial charge is 0.239 e. The van der Waals surface area contributed by atoms with Gasteiger partial charge in [0, 0.05) is 45.0 Å². The van der Waals surface area contributed by atoms with Gasteiger partial charge < -0.3 is 14.5 Å². The van der Waals surface area contributed by atoms with Crippen LogP contribution in [-0.4, -0.2) is 74.2 Å². The molecule has 3 rings (SSSR count). The zero-order valence-electron chi connectivity index (χ0n) is 15.6. The topological polar surface area (TPSA) is 36.0 Å². The molecule has 1 aromatic carbocycles. The largest absolute Gasteiger partial charge is 0.379 e. The number of nitrogens with zero attached hydrogens (tertiary/aromatic N) is 3. The van der Waals surface area contributed by atoms with Crippen LogP contribution in [0.25, 0.3) is 0 Å². The molecule has 2 aliphatic rings. The monoisotopic (exact) mass is 345 g/mol. The minimum atomic E-state index is 0.00825. The second-order valence-electron chi connectivity index (χ2n) is 7.02. The van der Waals surface area contributed by atoms with E-state index in [1.807, 2.05) is 0 Å². The Balaban J connectivity index is 1.63. The van der Waals surface area contributed by atoms with Gasteiger partial charge in [-0.05, 0) is 31.4 Å². The molecule has 1 amide bonds. The molecule has 2 aliphatic heterocycles. The zero-order valence-corrected chi connectivity index (χ0v) is 15.6. The van der Waals surface area contributed by atoms with E-state index in [1.54, 1.807) is 0 Å². The maximum atomic E-state index is 13.1. The van der Waals surface area contributed by atoms with E-state index in [0.717, 1.165) is 65.3 Å². The van der Waals surface area contributed by atoms with E-state index >= 15 is 0 Å². The number of hydrogen-bond acceptors (Lipinski definition) is 4. The van der Waals surface area contributed by atoms with Crippen LogP contribution in [0.15, 0.2) is 24.3 Å². The van der Waals surface area contributed by atoms with Crippen molar-refractivity contribution in [3.8, 4) is 0 Å². The van der Waals surface area contributed by atoms with Crippen molar-refractivity contribution < 1.29 is 9.53 Å². The standard InChI is InChI=1S/C20H31N3O2/c1-3-18(22-13-15-25-16-14-22)20(24)23-10-6-9-21(11-12-23)19-8-5-4-7-17(19)2/h4-5,7-8,18H,3,6,9-16H2,1-2H3. The second-order valence-corrected chi connectivity index (χ2v) is 7.02. The first kappa shape index (κ1) is 18.2. The van der Waals surface area contributed by atoms with Crippen LogP contribution in [-0.2, 0) is 9.53 Å². The highest BCUT2D eigenvalue weighted by atomic mass is 16.5. The highest BCUT2D eigenvalue weighted by Gasteiger charge is 2.30. The minimum Gasteiger partial charge on any atom is -0.379 e. The number of morpholine rings is 1. The molecule has 138 valence electrons. The summed E-state index contributed by atoms with van der Waals surface area (Å²) in [5.74, 6) is 0.302. The van der Waals surface area contributed by atoms with Crippen molar-refractivity contribution in [2.45, 2.75) is 32.7 Å². The lowest BCUT2D eigenvalue weighted by Gasteiger charge is -2.36. The molecule has 1 atom stereocenters. The quantitative estimate of drug-likeness (QED) is 0.838. The molecular formula is C20H31N3O2. The second kappa shape index (κ2) is 8.68. The summed E-state index contributed by atoms with van der Waals surface area (Å²) in [6, 6.07) is 8.54. The third kappa shape index (κ3) is 4.33. The summed E-state index contributed by atoms with van der Waals surface area (Å²) in [5.41, 5.74) is 2.61. The first-order valence-corrected chi connectivity index (χ1v) is 9.62. The molecule has 2 fully saturated rings. The van der Waals surface area contributed by atoms with Gasteiger partial charge in [0.25, 0.3) is 0 Å². The Kier molecular flexibility index (Phi) is 6.32. The van der Waals surface area contributed by atoms with E-state index in [2.05, 4.69) is 52.8 Å². The van der Waals surface area contributed by atoms with Gasteiger partial charge in [0.05, 0.1) is 19.3 Å². The Labute approximate surface area is 151 Å². The molecular weight excluding hydrogens is 314 g/mol. The summed E-state index contributed by atoms with van der Waals surface area (Å²) in [6.07, 6.45) is 1.90. The Morgan fingerprint density at radius 1 is 1.08 bits per heavy atom. The SMILES string of the molecule is CCC(C(=O)N1CCCN(c2ccccc2C)CC1)N1CCOCC1. The fourth-order valence-electron chi connectivity index (χ4n) is 3.99. The molecule has 0 spiro atoms. The number of ether oxygens (including phenoxy) is 1. The lowest BCUT2D eigenvalue weighted by atomic mass is 10.1. The van der Waals surface area contributed by atoms with Crippen LogP contribution >= 0.6 is 0 Å². The van der Waals surface area contributed by atoms with Gasteiger partial charge in [-0.1, -0.05) is 25.1 Å². The number of hydrogen-bond donors (Lipinski definition) is 0. The van der Waals surface area contributed by atoms with Gasteiger partial charge in [0.1, 0.15) is 0 Å². The summed E-state index contributed by atoms with van der Waals surface area (Å²) >= 11 is 0. The van der Waals surface area contributed by atoms with Gasteiger partial charge in [-0.2, -0.15) is 0 Å². The number of amides is 1. The Hall–Kier alpha value is -1.59. The average molecular weight is 345 g/mol. The van der Waals surface area contributed by atoms with Gasteiger partial charge in [0.15, 0.2) is 0 Å². The number of anilines is 1. The molecule has 0 radical (unpaired) electrons. The number of carbonyl (C=O) groups is 1. The number of para-hydroxylation sites is 1. The fraction of sp³-hybridized carbons (Fsp3) is 0.650. The summed E-state index contributed by atoms with van der Waals surface area (Å²) in [5, 5.41) is 0. The van der Waals surface area contributed by atoms with Gasteiger partial charge >= 0.3 is 0 Å². The highest BCUT2D eigenvalue weighted by molar-refractivity contribution is 5.82. The van der Waals surface area contributed by atoms with E-state index < -0.39 is 0 Å². The molecule has 1 aromatic rings. The normalized spacial score (nSPS) is 21.0. The van der Waals surface area contributed by atoms with E-state index in [1.165, 1.54) is 11.3 Å². The Morgan fingerprint density at radius 3 is 2.56 bits per heavy atom. The van der Waals surface area contributed by atoms with Crippen LogP contribution < -0.4 is 4.90 Å². The molecule has 0 aromatic heterocycles. The summed E-state index contributed by atoms with van der Waals surface area (Å²) in [4.78, 5) is 19.9. The lowest BCUT2D eigenvalue weighted by Crippen LogP contribution is -2.52. The van der Waals surface area contributed by atoms with Crippen LogP contribution in [0.5, 0.6) is 0 Å². The van der Waals surface area contributed by atoms with Crippen molar-refractivity contribution in [2.75, 3.05) is 57.4 Å². The summed E-state index contributed by atoms with van der Waals surface area (Å²) in [6.45, 7) is 11.1. The third-order valence-electron chi connectivity index (χ3n) is 5.42. The van der Waals surface area contributed by atoms with Crippen LogP contribution in [0.1, 0.15) is 25.3 Å². The summed E-state index contributed by atoms with van der Waals surface area (Å²) < 4.78 is 5.44. The van der Waals surface area contributed by atoms with E-state index in [4.69, 9.17) is 4.74 Å². The number of aryl methyl sites for hydroxylation is 1. The maximum absolute atomic E-state index is 13.1. The molecule has 5 nitrogen and oxygen atoms in total. The molecule has 0 saturated carbocycles. The van der Waals surface area contributed by atoms with E-state index in [-0.39, 0.29) is 6.04 Å². The molecule has 1 unspecified atom stereocenters. The van der Waals surface area contributed by atoms with E-state index in [9.17, 15) is 4.79 Å². The van der Waals surface area contributed by atoms with Crippen molar-refractivity contribution in [3.63, 3.8) is 0 Å². The number of benzene rings is 1. The van der Waals surface area contributed by atoms with Crippen LogP contribution in [0, 0.1) is 6.92 Å². The predicted octanol–water partition coefficient (Wildman–Crippen LogP) is 2.14. The molecule has 0 aliphatic carbocycles. The predicted molar refractivity (Wildman–Crippen MR) is 101 cm³/mol. The van der Waals surface area contributed by atoms with Crippen molar-refractivity contribution in [1.29, 1.82) is 0 Å². The zero-order chi connectivity index (χ0) is 17.6. The van der Waals surface area contributed by atoms with Crippen LogP contribution in [0.2, 0.25) is 0 Å². The van der Waals surface area contributed by atoms with Gasteiger partial charge in [-0.15, -0.1) is 0 Å². The molecule has 0 N–H and O–H groups in total. The van der Waals surface area contributed by atoms with Crippen molar-refractivity contribution >= 4 is 11.6 Å². The van der Waals surface area contributed by atoms with Crippen molar-refractivity contribution in [1.82, 2.24) is 9.80 Å². The molecule has 0 bridgehead atoms. The lowest BCUT2D eigenvalue weighted by molar-refractivity contribution is -0.138. The molecule has 25 heavy (non-hydrogen) atoms. The summed E-state index contributed by atoms with van der Waals surface area (Å²) in [7, 11) is 0. The number of rotatable bonds is 4. The Bertz CT molecular complexity index is 572. The van der Waals surface area contributed by atoms with Crippen LogP contribution in [0.3, 0.4) is 0 Å². The van der Waals surface area contributed by atoms with Crippen LogP contribution in [0.4, 0.5) is 5.69 Å². The van der Waals surface area contributed by atoms with Gasteiger partial charge in [0.2, 0.25) is 5.91 Å². The molecule has 5 heteroatoms. The first-order valence-electron chi connectivity index (χ1n) is 9.62. The highest BCUT2D eigenvalue weighted by Crippen LogP contribution is 2.21.